The van der Waals surface area contributed by atoms with Gasteiger partial charge in [-0.3, -0.25) is 4.79 Å². The van der Waals surface area contributed by atoms with E-state index in [1.807, 2.05) is 13.2 Å². The van der Waals surface area contributed by atoms with E-state index < -0.39 is 0 Å². The molecule has 2 aromatic heterocycles. The van der Waals surface area contributed by atoms with Crippen LogP contribution >= 0.6 is 0 Å². The zero-order valence-electron chi connectivity index (χ0n) is 15.4. The van der Waals surface area contributed by atoms with Gasteiger partial charge in [0.25, 0.3) is 0 Å². The molecule has 2 rings (SSSR count). The second-order valence-corrected chi connectivity index (χ2v) is 7.69. The molecule has 0 aliphatic rings. The summed E-state index contributed by atoms with van der Waals surface area (Å²) < 4.78 is 1.67. The van der Waals surface area contributed by atoms with E-state index in [-0.39, 0.29) is 22.8 Å². The van der Waals surface area contributed by atoms with Crippen LogP contribution in [0.5, 0.6) is 0 Å². The number of Topliss-reactive ketones (excluding diaryl/α,β-unsaturated/α-hetero) is 1. The van der Waals surface area contributed by atoms with E-state index in [1.54, 1.807) is 24.1 Å². The molecule has 0 saturated heterocycles. The van der Waals surface area contributed by atoms with Gasteiger partial charge in [-0.2, -0.15) is 0 Å². The summed E-state index contributed by atoms with van der Waals surface area (Å²) in [6.07, 6.45) is 6.67. The van der Waals surface area contributed by atoms with Crippen LogP contribution in [0.3, 0.4) is 0 Å². The average Bonchev–Trinajstić information content (AvgIpc) is 3.15. The summed E-state index contributed by atoms with van der Waals surface area (Å²) in [7, 11) is 1.96. The normalized spacial score (nSPS) is 13.9. The van der Waals surface area contributed by atoms with Gasteiger partial charge < -0.3 is 10.3 Å². The lowest BCUT2D eigenvalue weighted by molar-refractivity contribution is -0.120. The first-order chi connectivity index (χ1) is 11.1. The first-order valence-electron chi connectivity index (χ1n) is 8.23. The van der Waals surface area contributed by atoms with Gasteiger partial charge in [-0.1, -0.05) is 19.1 Å². The molecule has 1 atom stereocenters. The standard InChI is InChI=1S/C17H28N6O/c1-12(24)14(7-13-8-19-11-20-13)23-9-15(21-22-23)16(2,3)10-17(4,5)18-6/h8-9,11,14,18H,7,10H2,1-6H3,(H,19,20). The molecule has 7 heteroatoms. The van der Waals surface area contributed by atoms with Crippen molar-refractivity contribution in [2.24, 2.45) is 0 Å². The second-order valence-electron chi connectivity index (χ2n) is 7.69. The first-order valence-corrected chi connectivity index (χ1v) is 8.23. The molecule has 132 valence electrons. The lowest BCUT2D eigenvalue weighted by Crippen LogP contribution is -2.42. The largest absolute Gasteiger partial charge is 0.348 e. The molecule has 2 aromatic rings. The quantitative estimate of drug-likeness (QED) is 0.772. The number of H-pyrrole nitrogens is 1. The maximum atomic E-state index is 12.1. The molecular formula is C17H28N6O. The Kier molecular flexibility index (Phi) is 5.22. The van der Waals surface area contributed by atoms with Crippen LogP contribution in [0.15, 0.2) is 18.7 Å². The monoisotopic (exact) mass is 332 g/mol. The Morgan fingerprint density at radius 3 is 2.62 bits per heavy atom. The van der Waals surface area contributed by atoms with Gasteiger partial charge in [-0.05, 0) is 34.2 Å². The maximum Gasteiger partial charge on any atom is 0.154 e. The van der Waals surface area contributed by atoms with Crippen LogP contribution in [-0.2, 0) is 16.6 Å². The van der Waals surface area contributed by atoms with Gasteiger partial charge in [-0.15, -0.1) is 5.10 Å². The third-order valence-corrected chi connectivity index (χ3v) is 4.52. The minimum absolute atomic E-state index is 0.0107. The zero-order valence-corrected chi connectivity index (χ0v) is 15.4. The van der Waals surface area contributed by atoms with Crippen LogP contribution in [0, 0.1) is 0 Å². The van der Waals surface area contributed by atoms with Crippen molar-refractivity contribution in [1.82, 2.24) is 30.3 Å². The number of aromatic amines is 1. The highest BCUT2D eigenvalue weighted by Crippen LogP contribution is 2.31. The van der Waals surface area contributed by atoms with Gasteiger partial charge >= 0.3 is 0 Å². The highest BCUT2D eigenvalue weighted by molar-refractivity contribution is 5.80. The van der Waals surface area contributed by atoms with Crippen LogP contribution in [0.4, 0.5) is 0 Å². The molecular weight excluding hydrogens is 304 g/mol. The van der Waals surface area contributed by atoms with E-state index in [0.29, 0.717) is 6.42 Å². The van der Waals surface area contributed by atoms with Crippen molar-refractivity contribution in [3.63, 3.8) is 0 Å². The molecule has 24 heavy (non-hydrogen) atoms. The third-order valence-electron chi connectivity index (χ3n) is 4.52. The fourth-order valence-corrected chi connectivity index (χ4v) is 3.05. The Morgan fingerprint density at radius 2 is 2.08 bits per heavy atom. The fraction of sp³-hybridized carbons (Fsp3) is 0.647. The fourth-order valence-electron chi connectivity index (χ4n) is 3.05. The number of rotatable bonds is 8. The van der Waals surface area contributed by atoms with Gasteiger partial charge in [0.2, 0.25) is 0 Å². The summed E-state index contributed by atoms with van der Waals surface area (Å²) in [5.74, 6) is 0.0504. The number of ketones is 1. The SMILES string of the molecule is CNC(C)(C)CC(C)(C)c1cn(C(Cc2cnc[nH]2)C(C)=O)nn1. The lowest BCUT2D eigenvalue weighted by Gasteiger charge is -2.33. The summed E-state index contributed by atoms with van der Waals surface area (Å²) in [6.45, 7) is 10.2. The topological polar surface area (TPSA) is 88.5 Å². The van der Waals surface area contributed by atoms with Gasteiger partial charge in [0.05, 0.1) is 12.0 Å². The summed E-state index contributed by atoms with van der Waals surface area (Å²) in [4.78, 5) is 19.1. The summed E-state index contributed by atoms with van der Waals surface area (Å²) in [5, 5.41) is 11.9. The molecule has 0 amide bonds. The molecule has 1 unspecified atom stereocenters. The number of nitrogens with one attached hydrogen (secondary N) is 2. The van der Waals surface area contributed by atoms with E-state index in [9.17, 15) is 4.79 Å². The molecule has 2 N–H and O–H groups in total. The zero-order chi connectivity index (χ0) is 18.0. The van der Waals surface area contributed by atoms with Gasteiger partial charge in [0.1, 0.15) is 6.04 Å². The number of aromatic nitrogens is 5. The Morgan fingerprint density at radius 1 is 1.38 bits per heavy atom. The molecule has 0 aromatic carbocycles. The molecule has 0 bridgehead atoms. The predicted octanol–water partition coefficient (Wildman–Crippen LogP) is 2.04. The molecule has 7 nitrogen and oxygen atoms in total. The maximum absolute atomic E-state index is 12.1. The van der Waals surface area contributed by atoms with Gasteiger partial charge in [0.15, 0.2) is 5.78 Å². The van der Waals surface area contributed by atoms with E-state index in [1.165, 1.54) is 0 Å². The van der Waals surface area contributed by atoms with Crippen molar-refractivity contribution >= 4 is 5.78 Å². The predicted molar refractivity (Wildman–Crippen MR) is 92.8 cm³/mol. The van der Waals surface area contributed by atoms with Crippen molar-refractivity contribution < 1.29 is 4.79 Å². The minimum Gasteiger partial charge on any atom is -0.348 e. The van der Waals surface area contributed by atoms with Crippen LogP contribution in [-0.4, -0.2) is 43.3 Å². The van der Waals surface area contributed by atoms with Gasteiger partial charge in [-0.25, -0.2) is 9.67 Å². The summed E-state index contributed by atoms with van der Waals surface area (Å²) in [6, 6.07) is -0.375. The Labute approximate surface area is 143 Å². The van der Waals surface area contributed by atoms with Crippen LogP contribution in [0.25, 0.3) is 0 Å². The number of carbonyl (C=O) groups is 1. The Balaban J connectivity index is 2.22. The highest BCUT2D eigenvalue weighted by Gasteiger charge is 2.32. The number of imidazole rings is 1. The number of carbonyl (C=O) groups excluding carboxylic acids is 1. The summed E-state index contributed by atoms with van der Waals surface area (Å²) >= 11 is 0. The highest BCUT2D eigenvalue weighted by atomic mass is 16.1. The van der Waals surface area contributed by atoms with Crippen molar-refractivity contribution in [3.05, 3.63) is 30.1 Å². The van der Waals surface area contributed by atoms with Crippen LogP contribution in [0.1, 0.15) is 58.5 Å². The smallest absolute Gasteiger partial charge is 0.154 e. The Bertz CT molecular complexity index is 671. The van der Waals surface area contributed by atoms with Crippen LogP contribution < -0.4 is 5.32 Å². The van der Waals surface area contributed by atoms with E-state index in [4.69, 9.17) is 0 Å². The molecule has 0 spiro atoms. The number of nitrogens with zero attached hydrogens (tertiary/aromatic N) is 4. The van der Waals surface area contributed by atoms with Gasteiger partial charge in [0, 0.05) is 35.5 Å². The van der Waals surface area contributed by atoms with Crippen molar-refractivity contribution in [2.45, 2.75) is 64.5 Å². The number of hydrogen-bond donors (Lipinski definition) is 2. The van der Waals surface area contributed by atoms with Crippen molar-refractivity contribution in [3.8, 4) is 0 Å². The Hall–Kier alpha value is -2.02. The van der Waals surface area contributed by atoms with Crippen molar-refractivity contribution in [1.29, 1.82) is 0 Å². The molecule has 2 heterocycles. The lowest BCUT2D eigenvalue weighted by atomic mass is 9.78. The van der Waals surface area contributed by atoms with E-state index in [0.717, 1.165) is 17.8 Å². The minimum atomic E-state index is -0.375. The third kappa shape index (κ3) is 4.29. The molecule has 0 saturated carbocycles. The van der Waals surface area contributed by atoms with Crippen molar-refractivity contribution in [2.75, 3.05) is 7.05 Å². The second kappa shape index (κ2) is 6.84. The number of hydrogen-bond acceptors (Lipinski definition) is 5. The molecule has 0 radical (unpaired) electrons. The summed E-state index contributed by atoms with van der Waals surface area (Å²) in [5.41, 5.74) is 1.63. The molecule has 0 fully saturated rings. The van der Waals surface area contributed by atoms with E-state index >= 15 is 0 Å². The molecule has 0 aliphatic heterocycles. The van der Waals surface area contributed by atoms with Crippen LogP contribution in [0.2, 0.25) is 0 Å². The first kappa shape index (κ1) is 18.3. The average molecular weight is 332 g/mol. The van der Waals surface area contributed by atoms with E-state index in [2.05, 4.69) is 53.3 Å². The molecule has 0 aliphatic carbocycles.